The summed E-state index contributed by atoms with van der Waals surface area (Å²) >= 11 is 1.46. The minimum absolute atomic E-state index is 0.191. The van der Waals surface area contributed by atoms with E-state index in [1.807, 2.05) is 29.6 Å². The SMILES string of the molecule is CCC(=O)C1=C(O)C(=O)N(Cc2ccccn2)C1c1cccs1. The van der Waals surface area contributed by atoms with E-state index in [2.05, 4.69) is 4.98 Å². The minimum Gasteiger partial charge on any atom is -0.503 e. The number of carbonyl (C=O) groups excluding carboxylic acids is 2. The maximum absolute atomic E-state index is 12.5. The van der Waals surface area contributed by atoms with Gasteiger partial charge in [-0.05, 0) is 23.6 Å². The van der Waals surface area contributed by atoms with E-state index >= 15 is 0 Å². The average Bonchev–Trinajstić information content (AvgIpc) is 3.18. The highest BCUT2D eigenvalue weighted by Crippen LogP contribution is 2.40. The number of hydrogen-bond acceptors (Lipinski definition) is 5. The number of hydrogen-bond donors (Lipinski definition) is 1. The van der Waals surface area contributed by atoms with Crippen molar-refractivity contribution in [3.05, 3.63) is 63.8 Å². The van der Waals surface area contributed by atoms with Crippen molar-refractivity contribution in [1.82, 2.24) is 9.88 Å². The number of ketones is 1. The van der Waals surface area contributed by atoms with E-state index in [0.717, 1.165) is 4.88 Å². The second kappa shape index (κ2) is 6.34. The molecule has 1 N–H and O–H groups in total. The van der Waals surface area contributed by atoms with Gasteiger partial charge in [0.25, 0.3) is 5.91 Å². The number of amides is 1. The standard InChI is InChI=1S/C17H16N2O3S/c1-2-12(20)14-15(13-7-5-9-23-13)19(17(22)16(14)21)10-11-6-3-4-8-18-11/h3-9,15,21H,2,10H2,1H3. The summed E-state index contributed by atoms with van der Waals surface area (Å²) in [7, 11) is 0. The van der Waals surface area contributed by atoms with E-state index < -0.39 is 17.7 Å². The van der Waals surface area contributed by atoms with Crippen molar-refractivity contribution in [3.8, 4) is 0 Å². The lowest BCUT2D eigenvalue weighted by Crippen LogP contribution is -2.30. The Labute approximate surface area is 137 Å². The molecular formula is C17H16N2O3S. The molecule has 0 bridgehead atoms. The summed E-state index contributed by atoms with van der Waals surface area (Å²) in [5, 5.41) is 12.1. The van der Waals surface area contributed by atoms with E-state index in [0.29, 0.717) is 5.69 Å². The number of rotatable bonds is 5. The van der Waals surface area contributed by atoms with Crippen molar-refractivity contribution in [1.29, 1.82) is 0 Å². The average molecular weight is 328 g/mol. The van der Waals surface area contributed by atoms with Crippen LogP contribution < -0.4 is 0 Å². The third-order valence-corrected chi connectivity index (χ3v) is 4.72. The molecule has 118 valence electrons. The molecule has 0 radical (unpaired) electrons. The van der Waals surface area contributed by atoms with Gasteiger partial charge in [-0.15, -0.1) is 11.3 Å². The largest absolute Gasteiger partial charge is 0.503 e. The highest BCUT2D eigenvalue weighted by atomic mass is 32.1. The van der Waals surface area contributed by atoms with E-state index in [1.54, 1.807) is 19.2 Å². The van der Waals surface area contributed by atoms with Gasteiger partial charge in [0.15, 0.2) is 11.5 Å². The zero-order chi connectivity index (χ0) is 16.4. The molecule has 0 saturated carbocycles. The monoisotopic (exact) mass is 328 g/mol. The Morgan fingerprint density at radius 2 is 2.17 bits per heavy atom. The number of aliphatic hydroxyl groups excluding tert-OH is 1. The van der Waals surface area contributed by atoms with Crippen molar-refractivity contribution in [2.75, 3.05) is 0 Å². The minimum atomic E-state index is -0.544. The summed E-state index contributed by atoms with van der Waals surface area (Å²) in [6.45, 7) is 1.97. The van der Waals surface area contributed by atoms with Gasteiger partial charge in [-0.1, -0.05) is 19.1 Å². The summed E-state index contributed by atoms with van der Waals surface area (Å²) in [6, 6.07) is 8.65. The Kier molecular flexibility index (Phi) is 4.25. The molecule has 0 aromatic carbocycles. The summed E-state index contributed by atoms with van der Waals surface area (Å²) in [4.78, 5) is 31.3. The molecule has 1 aliphatic heterocycles. The predicted octanol–water partition coefficient (Wildman–Crippen LogP) is 3.02. The quantitative estimate of drug-likeness (QED) is 0.916. The summed E-state index contributed by atoms with van der Waals surface area (Å²) in [6.07, 6.45) is 1.90. The van der Waals surface area contributed by atoms with Crippen LogP contribution in [0.25, 0.3) is 0 Å². The van der Waals surface area contributed by atoms with Crippen LogP contribution in [0.4, 0.5) is 0 Å². The molecule has 2 aromatic heterocycles. The van der Waals surface area contributed by atoms with Gasteiger partial charge in [-0.3, -0.25) is 14.6 Å². The van der Waals surface area contributed by atoms with Crippen molar-refractivity contribution < 1.29 is 14.7 Å². The Balaban J connectivity index is 2.02. The molecule has 1 unspecified atom stereocenters. The lowest BCUT2D eigenvalue weighted by Gasteiger charge is -2.25. The Morgan fingerprint density at radius 3 is 2.78 bits per heavy atom. The smallest absolute Gasteiger partial charge is 0.290 e. The molecule has 3 heterocycles. The van der Waals surface area contributed by atoms with Gasteiger partial charge in [0.05, 0.1) is 23.9 Å². The first kappa shape index (κ1) is 15.4. The van der Waals surface area contributed by atoms with Crippen LogP contribution in [0.15, 0.2) is 53.2 Å². The second-order valence-electron chi connectivity index (χ2n) is 5.21. The van der Waals surface area contributed by atoms with Gasteiger partial charge in [0, 0.05) is 17.5 Å². The lowest BCUT2D eigenvalue weighted by atomic mass is 10.0. The third-order valence-electron chi connectivity index (χ3n) is 3.80. The molecular weight excluding hydrogens is 312 g/mol. The van der Waals surface area contributed by atoms with E-state index in [4.69, 9.17) is 0 Å². The second-order valence-corrected chi connectivity index (χ2v) is 6.19. The Hall–Kier alpha value is -2.47. The fourth-order valence-corrected chi connectivity index (χ4v) is 3.55. The zero-order valence-corrected chi connectivity index (χ0v) is 13.4. The lowest BCUT2D eigenvalue weighted by molar-refractivity contribution is -0.130. The molecule has 0 spiro atoms. The highest BCUT2D eigenvalue weighted by molar-refractivity contribution is 7.10. The molecule has 5 nitrogen and oxygen atoms in total. The number of nitrogens with zero attached hydrogens (tertiary/aromatic N) is 2. The van der Waals surface area contributed by atoms with Crippen LogP contribution in [0.1, 0.15) is 30.0 Å². The number of aromatic nitrogens is 1. The molecule has 2 aromatic rings. The Morgan fingerprint density at radius 1 is 1.35 bits per heavy atom. The number of thiophene rings is 1. The molecule has 0 saturated heterocycles. The summed E-state index contributed by atoms with van der Waals surface area (Å²) in [5.41, 5.74) is 0.899. The number of aliphatic hydroxyl groups is 1. The first-order valence-corrected chi connectivity index (χ1v) is 8.22. The molecule has 3 rings (SSSR count). The van der Waals surface area contributed by atoms with Crippen LogP contribution in [-0.2, 0) is 16.1 Å². The number of Topliss-reactive ketones (excluding diaryl/α,β-unsaturated/α-hetero) is 1. The van der Waals surface area contributed by atoms with Crippen molar-refractivity contribution in [2.24, 2.45) is 0 Å². The van der Waals surface area contributed by atoms with Crippen molar-refractivity contribution >= 4 is 23.0 Å². The van der Waals surface area contributed by atoms with Crippen LogP contribution in [0.2, 0.25) is 0 Å². The normalized spacial score (nSPS) is 17.9. The maximum atomic E-state index is 12.5. The molecule has 6 heteroatoms. The fraction of sp³-hybridized carbons (Fsp3) is 0.235. The number of carbonyl (C=O) groups is 2. The highest BCUT2D eigenvalue weighted by Gasteiger charge is 2.43. The molecule has 0 fully saturated rings. The van der Waals surface area contributed by atoms with Gasteiger partial charge >= 0.3 is 0 Å². The zero-order valence-electron chi connectivity index (χ0n) is 12.6. The molecule has 23 heavy (non-hydrogen) atoms. The van der Waals surface area contributed by atoms with Gasteiger partial charge in [0.2, 0.25) is 0 Å². The first-order valence-electron chi connectivity index (χ1n) is 7.34. The topological polar surface area (TPSA) is 70.5 Å². The Bertz CT molecular complexity index is 753. The number of pyridine rings is 1. The van der Waals surface area contributed by atoms with Crippen molar-refractivity contribution in [2.45, 2.75) is 25.9 Å². The van der Waals surface area contributed by atoms with Crippen LogP contribution in [0.5, 0.6) is 0 Å². The summed E-state index contributed by atoms with van der Waals surface area (Å²) < 4.78 is 0. The molecule has 1 aliphatic rings. The van der Waals surface area contributed by atoms with Crippen LogP contribution in [-0.4, -0.2) is 26.7 Å². The van der Waals surface area contributed by atoms with Gasteiger partial charge < -0.3 is 10.0 Å². The van der Waals surface area contributed by atoms with Crippen LogP contribution in [0, 0.1) is 0 Å². The molecule has 1 amide bonds. The van der Waals surface area contributed by atoms with Gasteiger partial charge in [-0.25, -0.2) is 0 Å². The van der Waals surface area contributed by atoms with Gasteiger partial charge in [0.1, 0.15) is 0 Å². The summed E-state index contributed by atoms with van der Waals surface area (Å²) in [5.74, 6) is -1.17. The van der Waals surface area contributed by atoms with Crippen molar-refractivity contribution in [3.63, 3.8) is 0 Å². The maximum Gasteiger partial charge on any atom is 0.290 e. The van der Waals surface area contributed by atoms with Gasteiger partial charge in [-0.2, -0.15) is 0 Å². The molecule has 1 atom stereocenters. The van der Waals surface area contributed by atoms with E-state index in [-0.39, 0.29) is 24.3 Å². The fourth-order valence-electron chi connectivity index (χ4n) is 2.70. The predicted molar refractivity (Wildman–Crippen MR) is 86.8 cm³/mol. The molecule has 0 aliphatic carbocycles. The van der Waals surface area contributed by atoms with E-state index in [9.17, 15) is 14.7 Å². The van der Waals surface area contributed by atoms with Crippen LogP contribution >= 0.6 is 11.3 Å². The third kappa shape index (κ3) is 2.77. The van der Waals surface area contributed by atoms with E-state index in [1.165, 1.54) is 16.2 Å². The van der Waals surface area contributed by atoms with Crippen LogP contribution in [0.3, 0.4) is 0 Å². The first-order chi connectivity index (χ1) is 11.1.